The van der Waals surface area contributed by atoms with Crippen molar-refractivity contribution in [1.82, 2.24) is 10.3 Å². The van der Waals surface area contributed by atoms with Crippen molar-refractivity contribution in [3.05, 3.63) is 78.5 Å². The highest BCUT2D eigenvalue weighted by atomic mass is 35.6. The quantitative estimate of drug-likeness (QED) is 0.0772. The van der Waals surface area contributed by atoms with E-state index in [1.54, 1.807) is 12.3 Å². The van der Waals surface area contributed by atoms with Crippen molar-refractivity contribution in [2.45, 2.75) is 22.8 Å². The van der Waals surface area contributed by atoms with Gasteiger partial charge in [-0.3, -0.25) is 14.6 Å². The van der Waals surface area contributed by atoms with Gasteiger partial charge < -0.3 is 20.1 Å². The van der Waals surface area contributed by atoms with Crippen LogP contribution in [-0.2, 0) is 19.1 Å². The molecule has 40 heavy (non-hydrogen) atoms. The maximum atomic E-state index is 12.7. The Labute approximate surface area is 251 Å². The second-order valence-corrected chi connectivity index (χ2v) is 12.0. The summed E-state index contributed by atoms with van der Waals surface area (Å²) >= 11 is 19.8. The summed E-state index contributed by atoms with van der Waals surface area (Å²) < 4.78 is 8.84. The predicted molar refractivity (Wildman–Crippen MR) is 163 cm³/mol. The minimum absolute atomic E-state index is 0.0470. The zero-order valence-corrected chi connectivity index (χ0v) is 24.3. The molecule has 2 heterocycles. The van der Waals surface area contributed by atoms with Gasteiger partial charge in [0.15, 0.2) is 11.3 Å². The van der Waals surface area contributed by atoms with Crippen molar-refractivity contribution in [3.8, 4) is 0 Å². The van der Waals surface area contributed by atoms with Gasteiger partial charge in [0.1, 0.15) is 5.94 Å². The van der Waals surface area contributed by atoms with Crippen molar-refractivity contribution in [2.24, 2.45) is 10.9 Å². The lowest BCUT2D eigenvalue weighted by Crippen LogP contribution is -2.42. The number of anilines is 1. The second kappa shape index (κ2) is 14.7. The molecule has 1 aromatic heterocycles. The van der Waals surface area contributed by atoms with Crippen LogP contribution < -0.4 is 10.6 Å². The summed E-state index contributed by atoms with van der Waals surface area (Å²) in [6.07, 6.45) is 4.61. The summed E-state index contributed by atoms with van der Waals surface area (Å²) in [5.41, 5.74) is 2.16. The zero-order valence-electron chi connectivity index (χ0n) is 21.3. The molecule has 0 saturated carbocycles. The van der Waals surface area contributed by atoms with E-state index in [0.717, 1.165) is 22.7 Å². The molecule has 1 fully saturated rings. The summed E-state index contributed by atoms with van der Waals surface area (Å²) in [5, 5.41) is 6.99. The van der Waals surface area contributed by atoms with E-state index >= 15 is 0 Å². The summed E-state index contributed by atoms with van der Waals surface area (Å²) in [5.74, 6) is -1.07. The molecule has 0 bridgehead atoms. The summed E-state index contributed by atoms with van der Waals surface area (Å²) in [6, 6.07) is 18.7. The number of rotatable bonds is 8. The first-order chi connectivity index (χ1) is 19.3. The molecule has 1 aliphatic rings. The number of para-hydroxylation sites is 1. The molecule has 0 aliphatic carbocycles. The zero-order chi connectivity index (χ0) is 28.4. The Morgan fingerprint density at radius 2 is 1.85 bits per heavy atom. The first-order valence-electron chi connectivity index (χ1n) is 12.5. The Morgan fingerprint density at radius 3 is 2.60 bits per heavy atom. The topological polar surface area (TPSA) is 102 Å². The summed E-state index contributed by atoms with van der Waals surface area (Å²) in [4.78, 5) is 34.2. The minimum atomic E-state index is -1.99. The van der Waals surface area contributed by atoms with Gasteiger partial charge in [-0.2, -0.15) is 0 Å². The number of nitrogens with one attached hydrogen (secondary N) is 2. The van der Waals surface area contributed by atoms with Gasteiger partial charge >= 0.3 is 5.97 Å². The van der Waals surface area contributed by atoms with Crippen molar-refractivity contribution in [2.75, 3.05) is 24.5 Å². The number of aromatic nitrogens is 1. The van der Waals surface area contributed by atoms with Crippen LogP contribution in [0.4, 0.5) is 5.69 Å². The molecule has 2 N–H and O–H groups in total. The van der Waals surface area contributed by atoms with Gasteiger partial charge in [-0.05, 0) is 48.4 Å². The Kier molecular flexibility index (Phi) is 11.1. The molecule has 0 spiro atoms. The molecule has 1 aliphatic heterocycles. The molecule has 3 aromatic rings. The maximum absolute atomic E-state index is 12.7. The fourth-order valence-electron chi connectivity index (χ4n) is 3.84. The van der Waals surface area contributed by atoms with Crippen LogP contribution in [0.2, 0.25) is 0 Å². The molecular formula is C28H27Cl3N4O4S. The number of amidine groups is 1. The third-order valence-electron chi connectivity index (χ3n) is 5.89. The number of hydrogen-bond acceptors (Lipinski definition) is 7. The number of aliphatic imine (C=N–C) groups is 1. The van der Waals surface area contributed by atoms with Crippen LogP contribution in [0.1, 0.15) is 18.4 Å². The van der Waals surface area contributed by atoms with Crippen molar-refractivity contribution in [1.29, 1.82) is 0 Å². The van der Waals surface area contributed by atoms with Gasteiger partial charge in [0.05, 0.1) is 17.1 Å². The molecule has 1 atom stereocenters. The number of hydrogen-bond donors (Lipinski definition) is 2. The minimum Gasteiger partial charge on any atom is -0.454 e. The fourth-order valence-corrected chi connectivity index (χ4v) is 4.80. The van der Waals surface area contributed by atoms with Crippen molar-refractivity contribution in [3.63, 3.8) is 0 Å². The van der Waals surface area contributed by atoms with E-state index in [9.17, 15) is 9.59 Å². The average molecular weight is 622 g/mol. The number of carbonyl (C=O) groups is 2. The highest BCUT2D eigenvalue weighted by molar-refractivity contribution is 8.14. The third-order valence-corrected chi connectivity index (χ3v) is 7.22. The highest BCUT2D eigenvalue weighted by Crippen LogP contribution is 2.32. The molecule has 2 aromatic carbocycles. The molecule has 8 nitrogen and oxygen atoms in total. The molecule has 1 unspecified atom stereocenters. The van der Waals surface area contributed by atoms with Crippen LogP contribution in [0.25, 0.3) is 17.0 Å². The lowest BCUT2D eigenvalue weighted by Gasteiger charge is -2.23. The molecule has 1 saturated heterocycles. The van der Waals surface area contributed by atoms with Gasteiger partial charge in [-0.15, -0.1) is 0 Å². The van der Waals surface area contributed by atoms with Crippen LogP contribution in [0.5, 0.6) is 0 Å². The van der Waals surface area contributed by atoms with Gasteiger partial charge in [0, 0.05) is 30.9 Å². The fraction of sp³-hybridized carbons (Fsp3) is 0.286. The Balaban J connectivity index is 1.54. The number of benzene rings is 2. The van der Waals surface area contributed by atoms with Crippen LogP contribution >= 0.6 is 46.6 Å². The van der Waals surface area contributed by atoms with E-state index in [4.69, 9.17) is 44.3 Å². The number of halogens is 3. The normalized spacial score (nSPS) is 15.6. The number of fused-ring (bicyclic) bond motifs is 1. The summed E-state index contributed by atoms with van der Waals surface area (Å²) in [6.45, 7) is 1.05. The smallest absolute Gasteiger partial charge is 0.309 e. The average Bonchev–Trinajstić information content (AvgIpc) is 2.96. The van der Waals surface area contributed by atoms with Gasteiger partial charge in [-0.25, -0.2) is 4.99 Å². The number of alkyl halides is 3. The highest BCUT2D eigenvalue weighted by Gasteiger charge is 2.34. The lowest BCUT2D eigenvalue weighted by molar-refractivity contribution is -0.149. The first-order valence-corrected chi connectivity index (χ1v) is 14.6. The molecule has 4 rings (SSSR count). The predicted octanol–water partition coefficient (Wildman–Crippen LogP) is 6.19. The second-order valence-electron chi connectivity index (χ2n) is 8.75. The van der Waals surface area contributed by atoms with E-state index in [2.05, 4.69) is 20.6 Å². The largest absolute Gasteiger partial charge is 0.454 e. The number of carbonyl (C=O) groups excluding carboxylic acids is 2. The number of amides is 1. The van der Waals surface area contributed by atoms with Crippen LogP contribution in [0, 0.1) is 5.92 Å². The molecular weight excluding hydrogens is 595 g/mol. The molecule has 0 radical (unpaired) electrons. The number of thioether (sulfide) groups is 1. The third kappa shape index (κ3) is 9.11. The number of ether oxygens (including phenoxy) is 2. The van der Waals surface area contributed by atoms with E-state index in [1.165, 1.54) is 6.08 Å². The van der Waals surface area contributed by atoms with Gasteiger partial charge in [0.2, 0.25) is 9.70 Å². The Bertz CT molecular complexity index is 1360. The van der Waals surface area contributed by atoms with E-state index in [1.807, 2.05) is 60.7 Å². The van der Waals surface area contributed by atoms with Crippen LogP contribution in [-0.4, -0.2) is 51.1 Å². The molecule has 12 heteroatoms. The first kappa shape index (κ1) is 30.1. The monoisotopic (exact) mass is 620 g/mol. The van der Waals surface area contributed by atoms with Gasteiger partial charge in [0.25, 0.3) is 0 Å². The van der Waals surface area contributed by atoms with Crippen molar-refractivity contribution >= 4 is 86.3 Å². The van der Waals surface area contributed by atoms with Crippen molar-refractivity contribution < 1.29 is 19.1 Å². The van der Waals surface area contributed by atoms with E-state index in [0.29, 0.717) is 37.3 Å². The maximum Gasteiger partial charge on any atom is 0.309 e. The number of pyridine rings is 1. The SMILES string of the molecule is O=C(/C=C/c1ccccc1)NC(N=C(Nc1cccc2cccnc12)SCOC(=O)C1CCOCC1)C(Cl)(Cl)Cl. The molecule has 210 valence electrons. The van der Waals surface area contributed by atoms with Crippen LogP contribution in [0.3, 0.4) is 0 Å². The van der Waals surface area contributed by atoms with Crippen LogP contribution in [0.15, 0.2) is 77.9 Å². The Hall–Kier alpha value is -2.82. The lowest BCUT2D eigenvalue weighted by atomic mass is 10.0. The van der Waals surface area contributed by atoms with E-state index in [-0.39, 0.29) is 23.0 Å². The summed E-state index contributed by atoms with van der Waals surface area (Å²) in [7, 11) is 0. The number of esters is 1. The molecule has 1 amide bonds. The Morgan fingerprint density at radius 1 is 1.10 bits per heavy atom. The van der Waals surface area contributed by atoms with Gasteiger partial charge in [-0.1, -0.05) is 83.3 Å². The standard InChI is InChI=1S/C28H27Cl3N4O4S/c29-28(30,31)26(34-23(36)12-11-19-6-2-1-3-7-19)35-27(40-18-39-25(37)21-13-16-38-17-14-21)33-22-10-4-8-20-9-5-15-32-24(20)22/h1-12,15,21,26H,13-14,16-18H2,(H,33,35)(H,34,36)/b12-11+. The van der Waals surface area contributed by atoms with E-state index < -0.39 is 15.9 Å². The number of nitrogens with zero attached hydrogens (tertiary/aromatic N) is 2.